The van der Waals surface area contributed by atoms with E-state index in [9.17, 15) is 0 Å². The quantitative estimate of drug-likeness (QED) is 0.393. The molecule has 0 spiro atoms. The number of methoxy groups -OCH3 is 1. The maximum atomic E-state index is 6.09. The van der Waals surface area contributed by atoms with E-state index in [1.807, 2.05) is 42.6 Å². The van der Waals surface area contributed by atoms with Gasteiger partial charge in [-0.2, -0.15) is 5.10 Å². The Morgan fingerprint density at radius 1 is 1.20 bits per heavy atom. The summed E-state index contributed by atoms with van der Waals surface area (Å²) in [5, 5.41) is 14.3. The molecule has 2 N–H and O–H groups in total. The van der Waals surface area contributed by atoms with Crippen molar-refractivity contribution >= 4 is 33.2 Å². The van der Waals surface area contributed by atoms with Crippen molar-refractivity contribution < 1.29 is 14.2 Å². The predicted octanol–water partition coefficient (Wildman–Crippen LogP) is 4.19. The molecule has 8 nitrogen and oxygen atoms in total. The number of aromatic amines is 1. The van der Waals surface area contributed by atoms with Gasteiger partial charge < -0.3 is 19.5 Å². The number of thiazole rings is 1. The normalized spacial score (nSPS) is 12.1. The summed E-state index contributed by atoms with van der Waals surface area (Å²) in [6.45, 7) is 2.93. The number of benzene rings is 1. The minimum absolute atomic E-state index is 0.101. The lowest BCUT2D eigenvalue weighted by Crippen LogP contribution is -2.18. The zero-order chi connectivity index (χ0) is 20.8. The molecule has 156 valence electrons. The molecular formula is C21H23N5O3S. The third-order valence-electron chi connectivity index (χ3n) is 4.35. The van der Waals surface area contributed by atoms with Gasteiger partial charge in [0.25, 0.3) is 0 Å². The first-order valence-corrected chi connectivity index (χ1v) is 10.5. The smallest absolute Gasteiger partial charge is 0.188 e. The highest BCUT2D eigenvalue weighted by Gasteiger charge is 2.16. The molecule has 0 saturated heterocycles. The highest BCUT2D eigenvalue weighted by Crippen LogP contribution is 2.35. The molecule has 3 heterocycles. The molecule has 0 aliphatic carbocycles. The fourth-order valence-corrected chi connectivity index (χ4v) is 3.57. The molecule has 0 amide bonds. The molecule has 1 atom stereocenters. The molecule has 0 saturated carbocycles. The standard InChI is InChI=1S/C21H23N5O3S/c1-14(13-27-2)29-16-11-17-19(25-26-20(17)24-21-23-8-10-30-21)18(12-16)28-9-6-15-5-3-4-7-22-15/h3-5,7-8,10-12,14H,6,9,13H2,1-2H3,(H2,23,24,25,26)/t14-/m0/s1. The fourth-order valence-electron chi connectivity index (χ4n) is 3.04. The fraction of sp³-hybridized carbons (Fsp3) is 0.286. The van der Waals surface area contributed by atoms with Gasteiger partial charge in [-0.3, -0.25) is 10.1 Å². The molecule has 4 aromatic rings. The summed E-state index contributed by atoms with van der Waals surface area (Å²) < 4.78 is 17.3. The Hall–Kier alpha value is -3.17. The lowest BCUT2D eigenvalue weighted by atomic mass is 10.2. The predicted molar refractivity (Wildman–Crippen MR) is 117 cm³/mol. The maximum Gasteiger partial charge on any atom is 0.188 e. The number of anilines is 2. The number of hydrogen-bond acceptors (Lipinski definition) is 8. The summed E-state index contributed by atoms with van der Waals surface area (Å²) in [4.78, 5) is 8.61. The van der Waals surface area contributed by atoms with E-state index in [0.717, 1.165) is 21.7 Å². The number of hydrogen-bond donors (Lipinski definition) is 2. The lowest BCUT2D eigenvalue weighted by molar-refractivity contribution is 0.0920. The average molecular weight is 426 g/mol. The monoisotopic (exact) mass is 425 g/mol. The summed E-state index contributed by atoms with van der Waals surface area (Å²) in [6.07, 6.45) is 4.13. The van der Waals surface area contributed by atoms with Crippen molar-refractivity contribution in [3.8, 4) is 11.5 Å². The average Bonchev–Trinajstić information content (AvgIpc) is 3.40. The summed E-state index contributed by atoms with van der Waals surface area (Å²) in [6, 6.07) is 9.66. The number of H-pyrrole nitrogens is 1. The number of fused-ring (bicyclic) bond motifs is 1. The first kappa shape index (κ1) is 20.1. The second-order valence-corrected chi connectivity index (χ2v) is 7.58. The van der Waals surface area contributed by atoms with Gasteiger partial charge in [0.15, 0.2) is 10.9 Å². The van der Waals surface area contributed by atoms with Crippen LogP contribution in [0.5, 0.6) is 11.5 Å². The van der Waals surface area contributed by atoms with Gasteiger partial charge in [-0.05, 0) is 25.1 Å². The van der Waals surface area contributed by atoms with Crippen LogP contribution in [0.3, 0.4) is 0 Å². The summed E-state index contributed by atoms with van der Waals surface area (Å²) >= 11 is 1.50. The van der Waals surface area contributed by atoms with E-state index in [1.165, 1.54) is 11.3 Å². The zero-order valence-electron chi connectivity index (χ0n) is 16.8. The topological polar surface area (TPSA) is 94.2 Å². The third kappa shape index (κ3) is 4.87. The van der Waals surface area contributed by atoms with Crippen LogP contribution in [-0.4, -0.2) is 46.6 Å². The molecular weight excluding hydrogens is 402 g/mol. The van der Waals surface area contributed by atoms with E-state index in [0.29, 0.717) is 37.0 Å². The first-order chi connectivity index (χ1) is 14.7. The largest absolute Gasteiger partial charge is 0.491 e. The summed E-state index contributed by atoms with van der Waals surface area (Å²) in [5.74, 6) is 2.02. The van der Waals surface area contributed by atoms with Crippen LogP contribution >= 0.6 is 11.3 Å². The van der Waals surface area contributed by atoms with Crippen molar-refractivity contribution in [1.29, 1.82) is 0 Å². The van der Waals surface area contributed by atoms with Gasteiger partial charge in [-0.15, -0.1) is 11.3 Å². The van der Waals surface area contributed by atoms with Crippen LogP contribution in [0.4, 0.5) is 10.9 Å². The molecule has 0 bridgehead atoms. The Labute approximate surface area is 178 Å². The van der Waals surface area contributed by atoms with E-state index >= 15 is 0 Å². The molecule has 0 unspecified atom stereocenters. The van der Waals surface area contributed by atoms with Crippen molar-refractivity contribution in [2.45, 2.75) is 19.4 Å². The summed E-state index contributed by atoms with van der Waals surface area (Å²) in [7, 11) is 1.65. The second-order valence-electron chi connectivity index (χ2n) is 6.68. The zero-order valence-corrected chi connectivity index (χ0v) is 17.6. The number of pyridine rings is 1. The Bertz CT molecular complexity index is 1070. The van der Waals surface area contributed by atoms with Gasteiger partial charge in [0.05, 0.1) is 18.6 Å². The number of nitrogens with one attached hydrogen (secondary N) is 2. The lowest BCUT2D eigenvalue weighted by Gasteiger charge is -2.15. The number of nitrogens with zero attached hydrogens (tertiary/aromatic N) is 3. The van der Waals surface area contributed by atoms with E-state index in [1.54, 1.807) is 19.5 Å². The molecule has 4 rings (SSSR count). The van der Waals surface area contributed by atoms with Gasteiger partial charge in [-0.25, -0.2) is 4.98 Å². The molecule has 0 aliphatic heterocycles. The third-order valence-corrected chi connectivity index (χ3v) is 5.04. The number of ether oxygens (including phenoxy) is 3. The van der Waals surface area contributed by atoms with Crippen LogP contribution < -0.4 is 14.8 Å². The van der Waals surface area contributed by atoms with Crippen LogP contribution in [0.15, 0.2) is 48.1 Å². The van der Waals surface area contributed by atoms with E-state index < -0.39 is 0 Å². The van der Waals surface area contributed by atoms with Crippen LogP contribution in [0.2, 0.25) is 0 Å². The Morgan fingerprint density at radius 2 is 2.13 bits per heavy atom. The Morgan fingerprint density at radius 3 is 2.90 bits per heavy atom. The van der Waals surface area contributed by atoms with E-state index in [4.69, 9.17) is 14.2 Å². The molecule has 0 aliphatic rings. The highest BCUT2D eigenvalue weighted by molar-refractivity contribution is 7.13. The van der Waals surface area contributed by atoms with Crippen molar-refractivity contribution in [2.24, 2.45) is 0 Å². The van der Waals surface area contributed by atoms with E-state index in [-0.39, 0.29) is 6.10 Å². The molecule has 1 aromatic carbocycles. The number of rotatable bonds is 10. The highest BCUT2D eigenvalue weighted by atomic mass is 32.1. The number of aromatic nitrogens is 4. The van der Waals surface area contributed by atoms with Crippen LogP contribution in [0.1, 0.15) is 12.6 Å². The van der Waals surface area contributed by atoms with Crippen LogP contribution in [0.25, 0.3) is 10.9 Å². The van der Waals surface area contributed by atoms with Gasteiger partial charge in [0.1, 0.15) is 23.1 Å². The minimum atomic E-state index is -0.101. The SMILES string of the molecule is COC[C@H](C)Oc1cc(OCCc2ccccn2)c2[nH]nc(Nc3nccs3)c2c1. The van der Waals surface area contributed by atoms with E-state index in [2.05, 4.69) is 25.5 Å². The second kappa shape index (κ2) is 9.55. The van der Waals surface area contributed by atoms with Gasteiger partial charge in [0.2, 0.25) is 0 Å². The van der Waals surface area contributed by atoms with Gasteiger partial charge in [-0.1, -0.05) is 6.07 Å². The molecule has 9 heteroatoms. The molecule has 3 aromatic heterocycles. The van der Waals surface area contributed by atoms with Crippen LogP contribution in [-0.2, 0) is 11.2 Å². The summed E-state index contributed by atoms with van der Waals surface area (Å²) in [5.41, 5.74) is 1.77. The Balaban J connectivity index is 1.60. The molecule has 0 fully saturated rings. The van der Waals surface area contributed by atoms with Crippen molar-refractivity contribution in [3.05, 3.63) is 53.8 Å². The Kier molecular flexibility index (Phi) is 6.41. The molecule has 0 radical (unpaired) electrons. The molecule has 30 heavy (non-hydrogen) atoms. The van der Waals surface area contributed by atoms with Gasteiger partial charge in [0, 0.05) is 43.1 Å². The van der Waals surface area contributed by atoms with Crippen LogP contribution in [0, 0.1) is 0 Å². The maximum absolute atomic E-state index is 6.09. The van der Waals surface area contributed by atoms with Crippen molar-refractivity contribution in [3.63, 3.8) is 0 Å². The van der Waals surface area contributed by atoms with Gasteiger partial charge >= 0.3 is 0 Å². The van der Waals surface area contributed by atoms with Crippen molar-refractivity contribution in [2.75, 3.05) is 25.6 Å². The first-order valence-electron chi connectivity index (χ1n) is 9.60. The minimum Gasteiger partial charge on any atom is -0.491 e. The van der Waals surface area contributed by atoms with Crippen molar-refractivity contribution in [1.82, 2.24) is 20.2 Å².